The van der Waals surface area contributed by atoms with Crippen LogP contribution in [0.25, 0.3) is 0 Å². The molecule has 0 radical (unpaired) electrons. The Hall–Kier alpha value is -1.26. The van der Waals surface area contributed by atoms with Crippen LogP contribution < -0.4 is 11.1 Å². The lowest BCUT2D eigenvalue weighted by atomic mass is 9.83. The van der Waals surface area contributed by atoms with E-state index in [1.807, 2.05) is 0 Å². The fraction of sp³-hybridized carbons (Fsp3) is 0.833. The number of carbonyl (C=O) groups excluding carboxylic acids is 1. The predicted octanol–water partition coefficient (Wildman–Crippen LogP) is 1.35. The van der Waals surface area contributed by atoms with Gasteiger partial charge in [-0.25, -0.2) is 0 Å². The van der Waals surface area contributed by atoms with Crippen LogP contribution >= 0.6 is 0 Å². The quantitative estimate of drug-likeness (QED) is 0.301. The Kier molecular flexibility index (Phi) is 3.54. The van der Waals surface area contributed by atoms with E-state index in [0.717, 1.165) is 25.7 Å². The maximum atomic E-state index is 12.3. The highest BCUT2D eigenvalue weighted by Crippen LogP contribution is 2.39. The number of nitrogens with zero attached hydrogens (tertiary/aromatic N) is 1. The molecule has 0 atom stereocenters. The third-order valence-corrected chi connectivity index (χ3v) is 4.18. The Balaban J connectivity index is 2.07. The summed E-state index contributed by atoms with van der Waals surface area (Å²) >= 11 is 0. The zero-order valence-electron chi connectivity index (χ0n) is 10.1. The van der Waals surface area contributed by atoms with Crippen molar-refractivity contribution in [2.75, 3.05) is 0 Å². The van der Waals surface area contributed by atoms with Gasteiger partial charge in [0.25, 0.3) is 0 Å². The van der Waals surface area contributed by atoms with Crippen LogP contribution in [0.2, 0.25) is 0 Å². The molecule has 2 rings (SSSR count). The second kappa shape index (κ2) is 4.94. The smallest absolute Gasteiger partial charge is 0.234 e. The summed E-state index contributed by atoms with van der Waals surface area (Å²) in [5.41, 5.74) is 4.97. The third-order valence-electron chi connectivity index (χ3n) is 4.18. The first-order chi connectivity index (χ1) is 8.19. The monoisotopic (exact) mass is 239 g/mol. The summed E-state index contributed by atoms with van der Waals surface area (Å²) in [6.07, 6.45) is 7.80. The topological polar surface area (TPSA) is 87.7 Å². The largest absolute Gasteiger partial charge is 0.409 e. The first-order valence-corrected chi connectivity index (χ1v) is 6.48. The Labute approximate surface area is 101 Å². The van der Waals surface area contributed by atoms with Gasteiger partial charge in [0.1, 0.15) is 5.41 Å². The molecule has 2 aliphatic carbocycles. The molecule has 1 amide bonds. The van der Waals surface area contributed by atoms with Gasteiger partial charge in [0.2, 0.25) is 5.91 Å². The standard InChI is InChI=1S/C12H21N3O2/c13-10(15-17)12(7-3-4-8-12)11(16)14-9-5-1-2-6-9/h9,17H,1-8H2,(H2,13,15)(H,14,16). The molecule has 0 saturated heterocycles. The van der Waals surface area contributed by atoms with Gasteiger partial charge in [-0.05, 0) is 25.7 Å². The molecule has 0 aromatic heterocycles. The Morgan fingerprint density at radius 1 is 1.24 bits per heavy atom. The second-order valence-corrected chi connectivity index (χ2v) is 5.23. The molecule has 2 aliphatic rings. The molecule has 2 fully saturated rings. The fourth-order valence-corrected chi connectivity index (χ4v) is 3.07. The van der Waals surface area contributed by atoms with E-state index in [1.54, 1.807) is 0 Å². The average molecular weight is 239 g/mol. The van der Waals surface area contributed by atoms with Crippen molar-refractivity contribution in [3.63, 3.8) is 0 Å². The van der Waals surface area contributed by atoms with Crippen LogP contribution in [0, 0.1) is 5.41 Å². The van der Waals surface area contributed by atoms with Gasteiger partial charge < -0.3 is 16.3 Å². The molecule has 0 aromatic rings. The van der Waals surface area contributed by atoms with Crippen molar-refractivity contribution >= 4 is 11.7 Å². The van der Waals surface area contributed by atoms with Gasteiger partial charge in [0, 0.05) is 6.04 Å². The van der Waals surface area contributed by atoms with Gasteiger partial charge in [-0.1, -0.05) is 30.8 Å². The van der Waals surface area contributed by atoms with E-state index in [0.29, 0.717) is 12.8 Å². The zero-order chi connectivity index (χ0) is 12.3. The number of nitrogens with two attached hydrogens (primary N) is 1. The number of amides is 1. The van der Waals surface area contributed by atoms with Crippen molar-refractivity contribution in [1.82, 2.24) is 5.32 Å². The van der Waals surface area contributed by atoms with Gasteiger partial charge in [-0.3, -0.25) is 4.79 Å². The number of hydrogen-bond donors (Lipinski definition) is 3. The highest BCUT2D eigenvalue weighted by atomic mass is 16.4. The molecule has 4 N–H and O–H groups in total. The summed E-state index contributed by atoms with van der Waals surface area (Å²) in [5, 5.41) is 15.0. The van der Waals surface area contributed by atoms with Crippen LogP contribution in [-0.4, -0.2) is 23.0 Å². The van der Waals surface area contributed by atoms with E-state index < -0.39 is 5.41 Å². The van der Waals surface area contributed by atoms with Crippen LogP contribution in [0.4, 0.5) is 0 Å². The maximum Gasteiger partial charge on any atom is 0.234 e. The van der Waals surface area contributed by atoms with E-state index in [4.69, 9.17) is 10.9 Å². The van der Waals surface area contributed by atoms with Crippen molar-refractivity contribution in [2.45, 2.75) is 57.4 Å². The Bertz CT molecular complexity index is 316. The van der Waals surface area contributed by atoms with Crippen LogP contribution in [0.15, 0.2) is 5.16 Å². The maximum absolute atomic E-state index is 12.3. The van der Waals surface area contributed by atoms with Crippen molar-refractivity contribution in [3.05, 3.63) is 0 Å². The van der Waals surface area contributed by atoms with Crippen molar-refractivity contribution < 1.29 is 10.0 Å². The minimum absolute atomic E-state index is 0.0443. The molecule has 0 spiro atoms. The minimum atomic E-state index is -0.753. The molecular weight excluding hydrogens is 218 g/mol. The van der Waals surface area contributed by atoms with Crippen LogP contribution in [0.5, 0.6) is 0 Å². The van der Waals surface area contributed by atoms with Crippen LogP contribution in [0.1, 0.15) is 51.4 Å². The highest BCUT2D eigenvalue weighted by Gasteiger charge is 2.46. The molecular formula is C12H21N3O2. The lowest BCUT2D eigenvalue weighted by Crippen LogP contribution is -2.50. The average Bonchev–Trinajstić information content (AvgIpc) is 2.98. The van der Waals surface area contributed by atoms with Crippen LogP contribution in [-0.2, 0) is 4.79 Å². The summed E-state index contributed by atoms with van der Waals surface area (Å²) in [7, 11) is 0. The summed E-state index contributed by atoms with van der Waals surface area (Å²) in [6.45, 7) is 0. The normalized spacial score (nSPS) is 25.1. The van der Waals surface area contributed by atoms with E-state index in [1.165, 1.54) is 12.8 Å². The van der Waals surface area contributed by atoms with E-state index in [9.17, 15) is 4.79 Å². The summed E-state index contributed by atoms with van der Waals surface area (Å²) in [4.78, 5) is 12.3. The van der Waals surface area contributed by atoms with Gasteiger partial charge in [0.15, 0.2) is 5.84 Å². The highest BCUT2D eigenvalue weighted by molar-refractivity contribution is 6.07. The SMILES string of the molecule is N/C(=N/O)C1(C(=O)NC2CCCC2)CCCC1. The fourth-order valence-electron chi connectivity index (χ4n) is 3.07. The van der Waals surface area contributed by atoms with Crippen LogP contribution in [0.3, 0.4) is 0 Å². The minimum Gasteiger partial charge on any atom is -0.409 e. The molecule has 2 saturated carbocycles. The molecule has 5 heteroatoms. The lowest BCUT2D eigenvalue weighted by molar-refractivity contribution is -0.128. The van der Waals surface area contributed by atoms with Gasteiger partial charge in [-0.15, -0.1) is 0 Å². The van der Waals surface area contributed by atoms with Gasteiger partial charge in [0.05, 0.1) is 0 Å². The van der Waals surface area contributed by atoms with E-state index in [2.05, 4.69) is 10.5 Å². The molecule has 0 aliphatic heterocycles. The number of amidine groups is 1. The Morgan fingerprint density at radius 3 is 2.35 bits per heavy atom. The molecule has 96 valence electrons. The third kappa shape index (κ3) is 2.23. The predicted molar refractivity (Wildman–Crippen MR) is 64.7 cm³/mol. The summed E-state index contributed by atoms with van der Waals surface area (Å²) in [6, 6.07) is 0.284. The zero-order valence-corrected chi connectivity index (χ0v) is 10.1. The lowest BCUT2D eigenvalue weighted by Gasteiger charge is -2.27. The second-order valence-electron chi connectivity index (χ2n) is 5.23. The molecule has 0 unspecified atom stereocenters. The van der Waals surface area contributed by atoms with Gasteiger partial charge >= 0.3 is 0 Å². The number of carbonyl (C=O) groups is 1. The first-order valence-electron chi connectivity index (χ1n) is 6.48. The van der Waals surface area contributed by atoms with Crippen molar-refractivity contribution in [1.29, 1.82) is 0 Å². The van der Waals surface area contributed by atoms with Crippen molar-refractivity contribution in [2.24, 2.45) is 16.3 Å². The number of nitrogens with one attached hydrogen (secondary N) is 1. The number of hydrogen-bond acceptors (Lipinski definition) is 3. The summed E-state index contributed by atoms with van der Waals surface area (Å²) < 4.78 is 0. The van der Waals surface area contributed by atoms with Gasteiger partial charge in [-0.2, -0.15) is 0 Å². The first kappa shape index (κ1) is 12.2. The summed E-state index contributed by atoms with van der Waals surface area (Å²) in [5.74, 6) is 0.0303. The molecule has 0 bridgehead atoms. The van der Waals surface area contributed by atoms with Crippen molar-refractivity contribution in [3.8, 4) is 0 Å². The molecule has 0 heterocycles. The molecule has 5 nitrogen and oxygen atoms in total. The number of oxime groups is 1. The van der Waals surface area contributed by atoms with E-state index in [-0.39, 0.29) is 17.8 Å². The Morgan fingerprint density at radius 2 is 1.82 bits per heavy atom. The molecule has 0 aromatic carbocycles. The van der Waals surface area contributed by atoms with E-state index >= 15 is 0 Å². The molecule has 17 heavy (non-hydrogen) atoms. The number of rotatable bonds is 3.